The average Bonchev–Trinajstić information content (AvgIpc) is 3.10. The summed E-state index contributed by atoms with van der Waals surface area (Å²) in [4.78, 5) is 3.98. The van der Waals surface area contributed by atoms with Gasteiger partial charge in [0.15, 0.2) is 5.03 Å². The van der Waals surface area contributed by atoms with Crippen molar-refractivity contribution in [1.82, 2.24) is 18.4 Å². The lowest BCUT2D eigenvalue weighted by molar-refractivity contribution is 0.344. The molecule has 1 aromatic carbocycles. The highest BCUT2D eigenvalue weighted by Gasteiger charge is 2.30. The van der Waals surface area contributed by atoms with E-state index in [2.05, 4.69) is 9.55 Å². The molecule has 0 aliphatic carbocycles. The molecule has 6 nitrogen and oxygen atoms in total. The number of hydrogen-bond acceptors (Lipinski definition) is 3. The first-order chi connectivity index (χ1) is 10.9. The molecule has 3 aromatic rings. The second kappa shape index (κ2) is 5.09. The Hall–Kier alpha value is -1.83. The maximum absolute atomic E-state index is 12.7. The standard InChI is InChI=1S/C15H15ClN4O2S/c1-18-9-15(17-10-18)23(21,22)19-4-5-20-13(8-19)6-11-2-3-12(16)7-14(11)20/h2-3,6-7,9-10H,4-5,8H2,1H3. The molecular weight excluding hydrogens is 336 g/mol. The van der Waals surface area contributed by atoms with Gasteiger partial charge in [-0.2, -0.15) is 4.31 Å². The quantitative estimate of drug-likeness (QED) is 0.712. The zero-order valence-corrected chi connectivity index (χ0v) is 14.0. The van der Waals surface area contributed by atoms with E-state index in [1.807, 2.05) is 24.3 Å². The summed E-state index contributed by atoms with van der Waals surface area (Å²) in [5.41, 5.74) is 2.01. The van der Waals surface area contributed by atoms with Gasteiger partial charge in [-0.1, -0.05) is 17.7 Å². The van der Waals surface area contributed by atoms with Crippen LogP contribution in [0, 0.1) is 0 Å². The number of nitrogens with zero attached hydrogens (tertiary/aromatic N) is 4. The van der Waals surface area contributed by atoms with Crippen molar-refractivity contribution in [3.63, 3.8) is 0 Å². The van der Waals surface area contributed by atoms with Gasteiger partial charge in [-0.3, -0.25) is 0 Å². The molecule has 4 rings (SSSR count). The molecule has 0 radical (unpaired) electrons. The van der Waals surface area contributed by atoms with E-state index in [0.29, 0.717) is 24.7 Å². The first-order valence-electron chi connectivity index (χ1n) is 7.21. The third-order valence-electron chi connectivity index (χ3n) is 4.15. The van der Waals surface area contributed by atoms with Crippen LogP contribution in [0.1, 0.15) is 5.69 Å². The van der Waals surface area contributed by atoms with Crippen LogP contribution in [0.15, 0.2) is 41.8 Å². The molecule has 0 spiro atoms. The predicted octanol–water partition coefficient (Wildman–Crippen LogP) is 2.23. The average molecular weight is 351 g/mol. The third-order valence-corrected chi connectivity index (χ3v) is 6.11. The van der Waals surface area contributed by atoms with Crippen LogP contribution in [0.25, 0.3) is 10.9 Å². The molecule has 3 heterocycles. The zero-order valence-electron chi connectivity index (χ0n) is 12.5. The molecule has 0 fully saturated rings. The second-order valence-corrected chi connectivity index (χ2v) is 8.03. The smallest absolute Gasteiger partial charge is 0.262 e. The highest BCUT2D eigenvalue weighted by molar-refractivity contribution is 7.89. The van der Waals surface area contributed by atoms with Crippen molar-refractivity contribution >= 4 is 32.5 Å². The van der Waals surface area contributed by atoms with Crippen molar-refractivity contribution < 1.29 is 8.42 Å². The first-order valence-corrected chi connectivity index (χ1v) is 9.03. The number of halogens is 1. The molecule has 0 atom stereocenters. The molecule has 1 aliphatic rings. The van der Waals surface area contributed by atoms with Crippen LogP contribution in [0.2, 0.25) is 5.02 Å². The minimum atomic E-state index is -3.57. The Morgan fingerprint density at radius 3 is 2.78 bits per heavy atom. The Bertz CT molecular complexity index is 1010. The topological polar surface area (TPSA) is 60.1 Å². The molecule has 120 valence electrons. The van der Waals surface area contributed by atoms with Gasteiger partial charge < -0.3 is 9.13 Å². The van der Waals surface area contributed by atoms with Crippen molar-refractivity contribution in [3.8, 4) is 0 Å². The maximum Gasteiger partial charge on any atom is 0.262 e. The van der Waals surface area contributed by atoms with E-state index in [1.54, 1.807) is 11.6 Å². The van der Waals surface area contributed by atoms with Crippen LogP contribution < -0.4 is 0 Å². The molecule has 0 unspecified atom stereocenters. The Kier molecular flexibility index (Phi) is 3.26. The lowest BCUT2D eigenvalue weighted by atomic mass is 10.2. The van der Waals surface area contributed by atoms with Gasteiger partial charge in [0, 0.05) is 48.0 Å². The SMILES string of the molecule is Cn1cnc(S(=O)(=O)N2CCn3c(cc4ccc(Cl)cc43)C2)c1. The molecule has 1 aliphatic heterocycles. The fourth-order valence-electron chi connectivity index (χ4n) is 3.01. The molecule has 8 heteroatoms. The van der Waals surface area contributed by atoms with Gasteiger partial charge in [-0.25, -0.2) is 13.4 Å². The number of aryl methyl sites for hydroxylation is 1. The van der Waals surface area contributed by atoms with E-state index in [1.165, 1.54) is 16.8 Å². The van der Waals surface area contributed by atoms with Gasteiger partial charge >= 0.3 is 0 Å². The van der Waals surface area contributed by atoms with Crippen LogP contribution in [0.5, 0.6) is 0 Å². The Balaban J connectivity index is 1.73. The van der Waals surface area contributed by atoms with Crippen molar-refractivity contribution in [2.75, 3.05) is 6.54 Å². The van der Waals surface area contributed by atoms with E-state index >= 15 is 0 Å². The molecule has 23 heavy (non-hydrogen) atoms. The third kappa shape index (κ3) is 2.36. The van der Waals surface area contributed by atoms with Crippen molar-refractivity contribution in [3.05, 3.63) is 47.5 Å². The van der Waals surface area contributed by atoms with Gasteiger partial charge in [0.1, 0.15) is 0 Å². The Labute approximate surface area is 139 Å². The summed E-state index contributed by atoms with van der Waals surface area (Å²) in [6.07, 6.45) is 3.02. The molecule has 0 saturated carbocycles. The van der Waals surface area contributed by atoms with Gasteiger partial charge in [0.05, 0.1) is 12.9 Å². The fraction of sp³-hybridized carbons (Fsp3) is 0.267. The normalized spacial score (nSPS) is 15.9. The van der Waals surface area contributed by atoms with Crippen LogP contribution >= 0.6 is 11.6 Å². The summed E-state index contributed by atoms with van der Waals surface area (Å²) in [5.74, 6) is 0. The number of hydrogen-bond donors (Lipinski definition) is 0. The van der Waals surface area contributed by atoms with E-state index in [-0.39, 0.29) is 5.03 Å². The minimum absolute atomic E-state index is 0.0904. The number of aromatic nitrogens is 3. The molecule has 0 N–H and O–H groups in total. The van der Waals surface area contributed by atoms with Crippen LogP contribution in [-0.2, 0) is 30.2 Å². The summed E-state index contributed by atoms with van der Waals surface area (Å²) < 4.78 is 30.6. The summed E-state index contributed by atoms with van der Waals surface area (Å²) in [5, 5.41) is 1.84. The van der Waals surface area contributed by atoms with Gasteiger partial charge in [-0.15, -0.1) is 0 Å². The van der Waals surface area contributed by atoms with Crippen molar-refractivity contribution in [2.24, 2.45) is 7.05 Å². The first kappa shape index (κ1) is 14.7. The highest BCUT2D eigenvalue weighted by Crippen LogP contribution is 2.28. The predicted molar refractivity (Wildman–Crippen MR) is 87.8 cm³/mol. The van der Waals surface area contributed by atoms with Crippen LogP contribution in [0.4, 0.5) is 0 Å². The fourth-order valence-corrected chi connectivity index (χ4v) is 4.55. The van der Waals surface area contributed by atoms with Crippen LogP contribution in [-0.4, -0.2) is 33.4 Å². The van der Waals surface area contributed by atoms with Crippen LogP contribution in [0.3, 0.4) is 0 Å². The summed E-state index contributed by atoms with van der Waals surface area (Å²) in [6.45, 7) is 1.36. The lowest BCUT2D eigenvalue weighted by Crippen LogP contribution is -2.38. The lowest BCUT2D eigenvalue weighted by Gasteiger charge is -2.27. The largest absolute Gasteiger partial charge is 0.342 e. The molecule has 0 bridgehead atoms. The molecule has 2 aromatic heterocycles. The maximum atomic E-state index is 12.7. The molecule has 0 amide bonds. The Morgan fingerprint density at radius 2 is 2.04 bits per heavy atom. The molecular formula is C15H15ClN4O2S. The number of fused-ring (bicyclic) bond motifs is 3. The second-order valence-electron chi connectivity index (χ2n) is 5.71. The van der Waals surface area contributed by atoms with E-state index in [4.69, 9.17) is 11.6 Å². The number of imidazole rings is 1. The minimum Gasteiger partial charge on any atom is -0.342 e. The Morgan fingerprint density at radius 1 is 1.22 bits per heavy atom. The van der Waals surface area contributed by atoms with Crippen molar-refractivity contribution in [1.29, 1.82) is 0 Å². The van der Waals surface area contributed by atoms with E-state index < -0.39 is 10.0 Å². The zero-order chi connectivity index (χ0) is 16.2. The number of sulfonamides is 1. The van der Waals surface area contributed by atoms with Gasteiger partial charge in [0.2, 0.25) is 0 Å². The van der Waals surface area contributed by atoms with E-state index in [0.717, 1.165) is 16.6 Å². The monoisotopic (exact) mass is 350 g/mol. The van der Waals surface area contributed by atoms with E-state index in [9.17, 15) is 8.42 Å². The number of benzene rings is 1. The summed E-state index contributed by atoms with van der Waals surface area (Å²) in [7, 11) is -1.81. The van der Waals surface area contributed by atoms with Gasteiger partial charge in [-0.05, 0) is 18.2 Å². The summed E-state index contributed by atoms with van der Waals surface area (Å²) >= 11 is 6.07. The highest BCUT2D eigenvalue weighted by atomic mass is 35.5. The van der Waals surface area contributed by atoms with Crippen molar-refractivity contribution in [2.45, 2.75) is 18.1 Å². The number of rotatable bonds is 2. The summed E-state index contributed by atoms with van der Waals surface area (Å²) in [6, 6.07) is 7.74. The van der Waals surface area contributed by atoms with Gasteiger partial charge in [0.25, 0.3) is 10.0 Å². The molecule has 0 saturated heterocycles.